The summed E-state index contributed by atoms with van der Waals surface area (Å²) in [6.07, 6.45) is 3.78. The summed E-state index contributed by atoms with van der Waals surface area (Å²) in [6, 6.07) is 5.93. The van der Waals surface area contributed by atoms with Gasteiger partial charge in [-0.15, -0.1) is 0 Å². The molecule has 2 rings (SSSR count). The molecule has 3 nitrogen and oxygen atoms in total. The van der Waals surface area contributed by atoms with Crippen molar-refractivity contribution in [2.45, 2.75) is 22.8 Å². The summed E-state index contributed by atoms with van der Waals surface area (Å²) in [4.78, 5) is 2.09. The number of halogens is 1. The molecule has 1 aromatic carbocycles. The van der Waals surface area contributed by atoms with E-state index < -0.39 is 0 Å². The topological polar surface area (TPSA) is 43.8 Å². The second-order valence-corrected chi connectivity index (χ2v) is 5.45. The maximum absolute atomic E-state index is 6.23. The molecule has 5 heteroatoms. The van der Waals surface area contributed by atoms with E-state index in [9.17, 15) is 0 Å². The fourth-order valence-electron chi connectivity index (χ4n) is 1.46. The molecule has 0 fully saturated rings. The van der Waals surface area contributed by atoms with Crippen LogP contribution in [0.4, 0.5) is 0 Å². The molecule has 0 aliphatic heterocycles. The molecule has 0 saturated heterocycles. The number of nitrogens with two attached hydrogens (primary N) is 1. The molecule has 0 aliphatic rings. The molecule has 2 N–H and O–H groups in total. The van der Waals surface area contributed by atoms with Gasteiger partial charge >= 0.3 is 0 Å². The van der Waals surface area contributed by atoms with Crippen molar-refractivity contribution in [1.82, 2.24) is 9.78 Å². The molecule has 1 aromatic heterocycles. The van der Waals surface area contributed by atoms with Crippen LogP contribution in [0.15, 0.2) is 40.4 Å². The molecule has 0 unspecified atom stereocenters. The molecule has 0 radical (unpaired) electrons. The van der Waals surface area contributed by atoms with Gasteiger partial charge < -0.3 is 5.73 Å². The van der Waals surface area contributed by atoms with Crippen LogP contribution >= 0.6 is 23.4 Å². The van der Waals surface area contributed by atoms with E-state index in [1.165, 1.54) is 0 Å². The summed E-state index contributed by atoms with van der Waals surface area (Å²) in [6.45, 7) is 1.94. The number of hydrogen-bond donors (Lipinski definition) is 1. The van der Waals surface area contributed by atoms with E-state index in [0.717, 1.165) is 20.4 Å². The Kier molecular flexibility index (Phi) is 3.76. The molecular formula is C12H14ClN3S. The van der Waals surface area contributed by atoms with Gasteiger partial charge in [0.1, 0.15) is 0 Å². The van der Waals surface area contributed by atoms with Crippen molar-refractivity contribution in [3.05, 3.63) is 41.2 Å². The highest BCUT2D eigenvalue weighted by Gasteiger charge is 2.07. The smallest absolute Gasteiger partial charge is 0.0629 e. The standard InChI is InChI=1S/C12H14ClN3S/c1-8(14)9-3-4-12(11(13)5-9)17-10-6-15-16(2)7-10/h3-8H,14H2,1-2H3/t8-/m1/s1. The molecule has 0 spiro atoms. The first-order valence-corrected chi connectivity index (χ1v) is 6.47. The lowest BCUT2D eigenvalue weighted by atomic mass is 10.1. The second kappa shape index (κ2) is 5.12. The predicted octanol–water partition coefficient (Wildman–Crippen LogP) is 3.24. The van der Waals surface area contributed by atoms with Crippen molar-refractivity contribution >= 4 is 23.4 Å². The summed E-state index contributed by atoms with van der Waals surface area (Å²) in [7, 11) is 1.89. The SMILES string of the molecule is C[C@@H](N)c1ccc(Sc2cnn(C)c2)c(Cl)c1. The zero-order valence-electron chi connectivity index (χ0n) is 9.72. The maximum atomic E-state index is 6.23. The summed E-state index contributed by atoms with van der Waals surface area (Å²) in [5.41, 5.74) is 6.86. The number of rotatable bonds is 3. The van der Waals surface area contributed by atoms with E-state index >= 15 is 0 Å². The first kappa shape index (κ1) is 12.5. The van der Waals surface area contributed by atoms with Crippen LogP contribution < -0.4 is 5.73 Å². The largest absolute Gasteiger partial charge is 0.324 e. The van der Waals surface area contributed by atoms with Gasteiger partial charge in [0.05, 0.1) is 16.1 Å². The van der Waals surface area contributed by atoms with Crippen molar-refractivity contribution in [3.63, 3.8) is 0 Å². The Bertz CT molecular complexity index is 522. The van der Waals surface area contributed by atoms with Crippen LogP contribution in [0.1, 0.15) is 18.5 Å². The van der Waals surface area contributed by atoms with Crippen LogP contribution in [0.5, 0.6) is 0 Å². The van der Waals surface area contributed by atoms with Crippen LogP contribution in [-0.2, 0) is 7.05 Å². The minimum atomic E-state index is 0.00458. The molecule has 1 atom stereocenters. The van der Waals surface area contributed by atoms with E-state index in [1.54, 1.807) is 16.4 Å². The Labute approximate surface area is 110 Å². The van der Waals surface area contributed by atoms with Crippen molar-refractivity contribution in [2.24, 2.45) is 12.8 Å². The summed E-state index contributed by atoms with van der Waals surface area (Å²) < 4.78 is 1.77. The quantitative estimate of drug-likeness (QED) is 0.928. The third-order valence-electron chi connectivity index (χ3n) is 2.39. The summed E-state index contributed by atoms with van der Waals surface area (Å²) >= 11 is 7.83. The van der Waals surface area contributed by atoms with Gasteiger partial charge in [-0.1, -0.05) is 29.4 Å². The van der Waals surface area contributed by atoms with E-state index in [1.807, 2.05) is 44.6 Å². The summed E-state index contributed by atoms with van der Waals surface area (Å²) in [5.74, 6) is 0. The monoisotopic (exact) mass is 267 g/mol. The Morgan fingerprint density at radius 1 is 1.47 bits per heavy atom. The van der Waals surface area contributed by atoms with E-state index in [0.29, 0.717) is 0 Å². The van der Waals surface area contributed by atoms with Gasteiger partial charge in [-0.3, -0.25) is 4.68 Å². The van der Waals surface area contributed by atoms with Crippen molar-refractivity contribution < 1.29 is 0 Å². The maximum Gasteiger partial charge on any atom is 0.0629 e. The van der Waals surface area contributed by atoms with Crippen LogP contribution in [0.3, 0.4) is 0 Å². The molecule has 2 aromatic rings. The van der Waals surface area contributed by atoms with Gasteiger partial charge in [0.15, 0.2) is 0 Å². The molecule has 0 aliphatic carbocycles. The Hall–Kier alpha value is -0.970. The first-order valence-electron chi connectivity index (χ1n) is 5.28. The van der Waals surface area contributed by atoms with Crippen LogP contribution in [0, 0.1) is 0 Å². The molecule has 0 amide bonds. The van der Waals surface area contributed by atoms with Gasteiger partial charge in [-0.05, 0) is 24.6 Å². The van der Waals surface area contributed by atoms with Crippen molar-refractivity contribution in [2.75, 3.05) is 0 Å². The van der Waals surface area contributed by atoms with Crippen molar-refractivity contribution in [3.8, 4) is 0 Å². The fourth-order valence-corrected chi connectivity index (χ4v) is 2.62. The fraction of sp³-hybridized carbons (Fsp3) is 0.250. The normalized spacial score (nSPS) is 12.7. The van der Waals surface area contributed by atoms with Crippen LogP contribution in [-0.4, -0.2) is 9.78 Å². The van der Waals surface area contributed by atoms with Gasteiger partial charge in [-0.25, -0.2) is 0 Å². The van der Waals surface area contributed by atoms with Crippen molar-refractivity contribution in [1.29, 1.82) is 0 Å². The number of hydrogen-bond acceptors (Lipinski definition) is 3. The van der Waals surface area contributed by atoms with E-state index in [-0.39, 0.29) is 6.04 Å². The number of nitrogens with zero attached hydrogens (tertiary/aromatic N) is 2. The van der Waals surface area contributed by atoms with Gasteiger partial charge in [0.25, 0.3) is 0 Å². The molecule has 0 bridgehead atoms. The van der Waals surface area contributed by atoms with Crippen LogP contribution in [0.25, 0.3) is 0 Å². The Balaban J connectivity index is 2.22. The zero-order valence-corrected chi connectivity index (χ0v) is 11.3. The van der Waals surface area contributed by atoms with E-state index in [2.05, 4.69) is 5.10 Å². The molecular weight excluding hydrogens is 254 g/mol. The third kappa shape index (κ3) is 3.03. The molecule has 0 saturated carbocycles. The number of benzene rings is 1. The van der Waals surface area contributed by atoms with Crippen LogP contribution in [0.2, 0.25) is 5.02 Å². The van der Waals surface area contributed by atoms with Gasteiger partial charge in [-0.2, -0.15) is 5.10 Å². The highest BCUT2D eigenvalue weighted by atomic mass is 35.5. The molecule has 1 heterocycles. The summed E-state index contributed by atoms with van der Waals surface area (Å²) in [5, 5.41) is 4.85. The molecule has 90 valence electrons. The lowest BCUT2D eigenvalue weighted by Crippen LogP contribution is -2.04. The average molecular weight is 268 g/mol. The Morgan fingerprint density at radius 2 is 2.24 bits per heavy atom. The van der Waals surface area contributed by atoms with Gasteiger partial charge in [0, 0.05) is 24.2 Å². The number of aromatic nitrogens is 2. The second-order valence-electron chi connectivity index (χ2n) is 3.93. The average Bonchev–Trinajstić information content (AvgIpc) is 2.67. The van der Waals surface area contributed by atoms with E-state index in [4.69, 9.17) is 17.3 Å². The predicted molar refractivity (Wildman–Crippen MR) is 71.4 cm³/mol. The highest BCUT2D eigenvalue weighted by Crippen LogP contribution is 2.34. The van der Waals surface area contributed by atoms with Gasteiger partial charge in [0.2, 0.25) is 0 Å². The third-order valence-corrected chi connectivity index (χ3v) is 3.84. The number of aryl methyl sites for hydroxylation is 1. The molecule has 17 heavy (non-hydrogen) atoms. The first-order chi connectivity index (χ1) is 8.06. The Morgan fingerprint density at radius 3 is 2.76 bits per heavy atom. The zero-order chi connectivity index (χ0) is 12.4. The minimum absolute atomic E-state index is 0.00458. The minimum Gasteiger partial charge on any atom is -0.324 e. The lowest BCUT2D eigenvalue weighted by molar-refractivity contribution is 0.766. The lowest BCUT2D eigenvalue weighted by Gasteiger charge is -2.08. The highest BCUT2D eigenvalue weighted by molar-refractivity contribution is 7.99.